The summed E-state index contributed by atoms with van der Waals surface area (Å²) in [7, 11) is 1.62. The van der Waals surface area contributed by atoms with Crippen LogP contribution in [0.1, 0.15) is 23.2 Å². The summed E-state index contributed by atoms with van der Waals surface area (Å²) in [6, 6.07) is 17.7. The van der Waals surface area contributed by atoms with E-state index in [0.29, 0.717) is 55.8 Å². The Kier molecular flexibility index (Phi) is 6.31. The van der Waals surface area contributed by atoms with Crippen molar-refractivity contribution in [3.63, 3.8) is 0 Å². The average molecular weight is 460 g/mol. The summed E-state index contributed by atoms with van der Waals surface area (Å²) in [6.45, 7) is 2.88. The number of benzene rings is 2. The number of rotatable bonds is 7. The summed E-state index contributed by atoms with van der Waals surface area (Å²) < 4.78 is 7.14. The maximum absolute atomic E-state index is 13.6. The third-order valence-corrected chi connectivity index (χ3v) is 6.28. The summed E-state index contributed by atoms with van der Waals surface area (Å²) in [6.07, 6.45) is 3.97. The van der Waals surface area contributed by atoms with Gasteiger partial charge in [0.05, 0.1) is 24.9 Å². The van der Waals surface area contributed by atoms with Gasteiger partial charge in [0.25, 0.3) is 5.91 Å². The van der Waals surface area contributed by atoms with Crippen molar-refractivity contribution in [3.05, 3.63) is 66.4 Å². The van der Waals surface area contributed by atoms with E-state index in [1.165, 1.54) is 0 Å². The maximum atomic E-state index is 13.6. The highest BCUT2D eigenvalue weighted by atomic mass is 16.5. The van der Waals surface area contributed by atoms with Crippen molar-refractivity contribution >= 4 is 11.8 Å². The van der Waals surface area contributed by atoms with Crippen LogP contribution in [0.5, 0.6) is 5.75 Å². The van der Waals surface area contributed by atoms with E-state index in [1.54, 1.807) is 11.8 Å². The van der Waals surface area contributed by atoms with E-state index < -0.39 is 0 Å². The Morgan fingerprint density at radius 2 is 1.79 bits per heavy atom. The van der Waals surface area contributed by atoms with Gasteiger partial charge in [-0.25, -0.2) is 4.68 Å². The largest absolute Gasteiger partial charge is 0.497 e. The first kappa shape index (κ1) is 22.2. The lowest BCUT2D eigenvalue weighted by Gasteiger charge is -2.34. The standard InChI is InChI=1S/C26H29N5O3/c1-34-22-9-5-6-19(16-22)25-23(17-31(28-25)21-7-3-2-4-8-21)26(33)30-14-12-29(13-15-30)18-24(32)27-20-10-11-20/h2-9,16-17,20H,10-15,18H2,1H3,(H,27,32). The molecule has 8 nitrogen and oxygen atoms in total. The Labute approximate surface area is 199 Å². The molecule has 1 aromatic heterocycles. The molecule has 0 unspecified atom stereocenters. The number of amides is 2. The van der Waals surface area contributed by atoms with Crippen molar-refractivity contribution in [2.45, 2.75) is 18.9 Å². The summed E-state index contributed by atoms with van der Waals surface area (Å²) in [5.74, 6) is 0.733. The molecule has 0 spiro atoms. The van der Waals surface area contributed by atoms with E-state index in [0.717, 1.165) is 24.1 Å². The molecule has 1 aliphatic carbocycles. The van der Waals surface area contributed by atoms with Crippen LogP contribution in [0.15, 0.2) is 60.8 Å². The van der Waals surface area contributed by atoms with Crippen molar-refractivity contribution in [2.75, 3.05) is 39.8 Å². The van der Waals surface area contributed by atoms with Crippen molar-refractivity contribution in [1.82, 2.24) is 24.9 Å². The minimum absolute atomic E-state index is 0.0536. The van der Waals surface area contributed by atoms with Gasteiger partial charge < -0.3 is 15.0 Å². The molecule has 34 heavy (non-hydrogen) atoms. The first-order valence-corrected chi connectivity index (χ1v) is 11.7. The van der Waals surface area contributed by atoms with Crippen LogP contribution in [-0.2, 0) is 4.79 Å². The predicted octanol–water partition coefficient (Wildman–Crippen LogP) is 2.58. The van der Waals surface area contributed by atoms with Crippen LogP contribution in [-0.4, -0.2) is 77.3 Å². The van der Waals surface area contributed by atoms with E-state index in [-0.39, 0.29) is 11.8 Å². The zero-order chi connectivity index (χ0) is 23.5. The highest BCUT2D eigenvalue weighted by molar-refractivity contribution is 6.00. The zero-order valence-corrected chi connectivity index (χ0v) is 19.3. The molecule has 2 aromatic carbocycles. The average Bonchev–Trinajstić information content (AvgIpc) is 3.57. The molecule has 2 heterocycles. The van der Waals surface area contributed by atoms with Gasteiger partial charge in [-0.2, -0.15) is 5.10 Å². The van der Waals surface area contributed by atoms with Gasteiger partial charge in [0, 0.05) is 44.0 Å². The SMILES string of the molecule is COc1cccc(-c2nn(-c3ccccc3)cc2C(=O)N2CCN(CC(=O)NC3CC3)CC2)c1. The molecule has 3 aromatic rings. The topological polar surface area (TPSA) is 79.7 Å². The number of hydrogen-bond acceptors (Lipinski definition) is 5. The Bertz CT molecular complexity index is 1160. The van der Waals surface area contributed by atoms with Gasteiger partial charge in [0.2, 0.25) is 5.91 Å². The van der Waals surface area contributed by atoms with Gasteiger partial charge in [-0.1, -0.05) is 30.3 Å². The minimum atomic E-state index is -0.0536. The van der Waals surface area contributed by atoms with Crippen molar-refractivity contribution in [2.24, 2.45) is 0 Å². The number of para-hydroxylation sites is 1. The van der Waals surface area contributed by atoms with Crippen LogP contribution in [0.2, 0.25) is 0 Å². The Balaban J connectivity index is 1.36. The van der Waals surface area contributed by atoms with E-state index in [9.17, 15) is 9.59 Å². The fourth-order valence-electron chi connectivity index (χ4n) is 4.21. The van der Waals surface area contributed by atoms with Gasteiger partial charge in [-0.05, 0) is 37.1 Å². The second-order valence-corrected chi connectivity index (χ2v) is 8.81. The van der Waals surface area contributed by atoms with Gasteiger partial charge >= 0.3 is 0 Å². The molecule has 1 saturated heterocycles. The van der Waals surface area contributed by atoms with Crippen molar-refractivity contribution < 1.29 is 14.3 Å². The van der Waals surface area contributed by atoms with Crippen molar-refractivity contribution in [3.8, 4) is 22.7 Å². The molecule has 1 saturated carbocycles. The molecular weight excluding hydrogens is 430 g/mol. The second-order valence-electron chi connectivity index (χ2n) is 8.81. The molecule has 0 atom stereocenters. The van der Waals surface area contributed by atoms with E-state index in [2.05, 4.69) is 10.2 Å². The van der Waals surface area contributed by atoms with Crippen LogP contribution in [0.4, 0.5) is 0 Å². The highest BCUT2D eigenvalue weighted by Crippen LogP contribution is 2.28. The van der Waals surface area contributed by atoms with Gasteiger partial charge in [0.15, 0.2) is 0 Å². The highest BCUT2D eigenvalue weighted by Gasteiger charge is 2.29. The number of nitrogens with one attached hydrogen (secondary N) is 1. The third-order valence-electron chi connectivity index (χ3n) is 6.28. The number of methoxy groups -OCH3 is 1. The van der Waals surface area contributed by atoms with Crippen LogP contribution in [0, 0.1) is 0 Å². The molecule has 8 heteroatoms. The first-order valence-electron chi connectivity index (χ1n) is 11.7. The third kappa shape index (κ3) is 4.97. The molecule has 2 fully saturated rings. The second kappa shape index (κ2) is 9.69. The molecule has 0 radical (unpaired) electrons. The Morgan fingerprint density at radius 3 is 2.50 bits per heavy atom. The fraction of sp³-hybridized carbons (Fsp3) is 0.346. The fourth-order valence-corrected chi connectivity index (χ4v) is 4.21. The number of hydrogen-bond donors (Lipinski definition) is 1. The van der Waals surface area contributed by atoms with E-state index in [4.69, 9.17) is 9.84 Å². The van der Waals surface area contributed by atoms with Crippen molar-refractivity contribution in [1.29, 1.82) is 0 Å². The summed E-state index contributed by atoms with van der Waals surface area (Å²) in [5, 5.41) is 7.81. The molecule has 2 amide bonds. The molecule has 0 bridgehead atoms. The summed E-state index contributed by atoms with van der Waals surface area (Å²) in [5.41, 5.74) is 2.89. The molecule has 1 N–H and O–H groups in total. The van der Waals surface area contributed by atoms with Crippen LogP contribution < -0.4 is 10.1 Å². The summed E-state index contributed by atoms with van der Waals surface area (Å²) >= 11 is 0. The number of nitrogens with zero attached hydrogens (tertiary/aromatic N) is 4. The predicted molar refractivity (Wildman–Crippen MR) is 129 cm³/mol. The lowest BCUT2D eigenvalue weighted by atomic mass is 10.1. The Morgan fingerprint density at radius 1 is 1.03 bits per heavy atom. The number of aromatic nitrogens is 2. The molecule has 176 valence electrons. The van der Waals surface area contributed by atoms with E-state index >= 15 is 0 Å². The normalized spacial score (nSPS) is 16.3. The van der Waals surface area contributed by atoms with E-state index in [1.807, 2.05) is 65.7 Å². The molecule has 2 aliphatic rings. The Hall–Kier alpha value is -3.65. The molecular formula is C26H29N5O3. The molecule has 5 rings (SSSR count). The van der Waals surface area contributed by atoms with Gasteiger partial charge in [0.1, 0.15) is 11.4 Å². The maximum Gasteiger partial charge on any atom is 0.257 e. The monoisotopic (exact) mass is 459 g/mol. The van der Waals surface area contributed by atoms with Crippen LogP contribution in [0.25, 0.3) is 16.9 Å². The zero-order valence-electron chi connectivity index (χ0n) is 19.3. The minimum Gasteiger partial charge on any atom is -0.497 e. The van der Waals surface area contributed by atoms with Gasteiger partial charge in [-0.3, -0.25) is 14.5 Å². The number of carbonyl (C=O) groups is 2. The summed E-state index contributed by atoms with van der Waals surface area (Å²) in [4.78, 5) is 29.7. The molecule has 1 aliphatic heterocycles. The van der Waals surface area contributed by atoms with Crippen LogP contribution >= 0.6 is 0 Å². The number of carbonyl (C=O) groups excluding carboxylic acids is 2. The first-order chi connectivity index (χ1) is 16.6. The lowest BCUT2D eigenvalue weighted by molar-refractivity contribution is -0.122. The van der Waals surface area contributed by atoms with Gasteiger partial charge in [-0.15, -0.1) is 0 Å². The smallest absolute Gasteiger partial charge is 0.257 e. The van der Waals surface area contributed by atoms with Crippen LogP contribution in [0.3, 0.4) is 0 Å². The number of ether oxygens (including phenoxy) is 1. The quantitative estimate of drug-likeness (QED) is 0.588. The lowest BCUT2D eigenvalue weighted by Crippen LogP contribution is -2.51. The number of piperazine rings is 1.